The summed E-state index contributed by atoms with van der Waals surface area (Å²) in [6, 6.07) is 18.2. The summed E-state index contributed by atoms with van der Waals surface area (Å²) in [5, 5.41) is 15.3. The van der Waals surface area contributed by atoms with Crippen LogP contribution in [-0.4, -0.2) is 17.8 Å². The molecule has 2 rings (SSSR count). The van der Waals surface area contributed by atoms with Crippen molar-refractivity contribution in [1.82, 2.24) is 0 Å². The van der Waals surface area contributed by atoms with Crippen molar-refractivity contribution in [3.05, 3.63) is 65.7 Å². The van der Waals surface area contributed by atoms with Gasteiger partial charge in [0.1, 0.15) is 5.84 Å². The standard InChI is InChI=1S/C18H18N4O2/c1-13(18(23)21-16-9-5-8-15(10-16)12-19)24-22-17(20)11-14-6-3-2-4-7-14/h2-10,13H,11H2,1H3,(H2,20,22)(H,21,23). The zero-order valence-corrected chi connectivity index (χ0v) is 13.3. The van der Waals surface area contributed by atoms with Gasteiger partial charge in [0.25, 0.3) is 5.91 Å². The monoisotopic (exact) mass is 322 g/mol. The molecule has 0 spiro atoms. The number of amides is 1. The summed E-state index contributed by atoms with van der Waals surface area (Å²) < 4.78 is 0. The number of rotatable bonds is 6. The van der Waals surface area contributed by atoms with Gasteiger partial charge in [0.15, 0.2) is 0 Å². The molecule has 1 atom stereocenters. The van der Waals surface area contributed by atoms with Gasteiger partial charge in [-0.2, -0.15) is 5.26 Å². The Morgan fingerprint density at radius 2 is 2.04 bits per heavy atom. The minimum absolute atomic E-state index is 0.285. The summed E-state index contributed by atoms with van der Waals surface area (Å²) in [5.74, 6) is -0.0892. The molecule has 0 radical (unpaired) electrons. The number of carbonyl (C=O) groups is 1. The fourth-order valence-electron chi connectivity index (χ4n) is 1.94. The second-order valence-electron chi connectivity index (χ2n) is 5.17. The van der Waals surface area contributed by atoms with Crippen LogP contribution in [-0.2, 0) is 16.1 Å². The lowest BCUT2D eigenvalue weighted by Gasteiger charge is -2.11. The van der Waals surface area contributed by atoms with Crippen LogP contribution in [0.2, 0.25) is 0 Å². The highest BCUT2D eigenvalue weighted by Crippen LogP contribution is 2.10. The molecule has 6 heteroatoms. The number of nitrogens with two attached hydrogens (primary N) is 1. The predicted octanol–water partition coefficient (Wildman–Crippen LogP) is 2.42. The first-order valence-electron chi connectivity index (χ1n) is 7.41. The zero-order valence-electron chi connectivity index (χ0n) is 13.3. The lowest BCUT2D eigenvalue weighted by molar-refractivity contribution is -0.126. The molecule has 0 aliphatic heterocycles. The number of nitrogens with one attached hydrogen (secondary N) is 1. The Morgan fingerprint density at radius 3 is 2.75 bits per heavy atom. The highest BCUT2D eigenvalue weighted by Gasteiger charge is 2.14. The maximum Gasteiger partial charge on any atom is 0.267 e. The van der Waals surface area contributed by atoms with Gasteiger partial charge in [-0.05, 0) is 30.7 Å². The van der Waals surface area contributed by atoms with Gasteiger partial charge >= 0.3 is 0 Å². The van der Waals surface area contributed by atoms with Gasteiger partial charge < -0.3 is 15.9 Å². The van der Waals surface area contributed by atoms with Crippen molar-refractivity contribution in [1.29, 1.82) is 5.26 Å². The normalized spacial score (nSPS) is 12.1. The first kappa shape index (κ1) is 17.0. The molecular formula is C18H18N4O2. The van der Waals surface area contributed by atoms with E-state index in [9.17, 15) is 4.79 Å². The van der Waals surface area contributed by atoms with Crippen LogP contribution in [0.3, 0.4) is 0 Å². The van der Waals surface area contributed by atoms with Crippen molar-refractivity contribution >= 4 is 17.4 Å². The van der Waals surface area contributed by atoms with Crippen LogP contribution in [0.15, 0.2) is 59.8 Å². The Morgan fingerprint density at radius 1 is 1.29 bits per heavy atom. The molecule has 1 amide bonds. The van der Waals surface area contributed by atoms with E-state index in [4.69, 9.17) is 15.8 Å². The van der Waals surface area contributed by atoms with Gasteiger partial charge in [0.2, 0.25) is 6.10 Å². The van der Waals surface area contributed by atoms with E-state index in [1.54, 1.807) is 31.2 Å². The topological polar surface area (TPSA) is 100 Å². The van der Waals surface area contributed by atoms with Gasteiger partial charge in [0.05, 0.1) is 11.6 Å². The summed E-state index contributed by atoms with van der Waals surface area (Å²) >= 11 is 0. The molecule has 0 heterocycles. The van der Waals surface area contributed by atoms with E-state index in [2.05, 4.69) is 10.5 Å². The van der Waals surface area contributed by atoms with Crippen molar-refractivity contribution < 1.29 is 9.63 Å². The molecule has 2 aromatic rings. The maximum atomic E-state index is 12.1. The number of nitrogens with zero attached hydrogens (tertiary/aromatic N) is 2. The molecule has 0 bridgehead atoms. The highest BCUT2D eigenvalue weighted by molar-refractivity contribution is 5.94. The molecule has 0 saturated carbocycles. The quantitative estimate of drug-likeness (QED) is 0.484. The molecule has 2 aromatic carbocycles. The highest BCUT2D eigenvalue weighted by atomic mass is 16.6. The van der Waals surface area contributed by atoms with E-state index in [1.165, 1.54) is 0 Å². The van der Waals surface area contributed by atoms with Crippen molar-refractivity contribution in [3.8, 4) is 6.07 Å². The van der Waals surface area contributed by atoms with Crippen LogP contribution in [0, 0.1) is 11.3 Å². The Hall–Kier alpha value is -3.33. The molecule has 0 aromatic heterocycles. The Labute approximate surface area is 140 Å². The minimum Gasteiger partial charge on any atom is -0.384 e. The summed E-state index contributed by atoms with van der Waals surface area (Å²) in [6.45, 7) is 1.57. The lowest BCUT2D eigenvalue weighted by atomic mass is 10.1. The van der Waals surface area contributed by atoms with Crippen molar-refractivity contribution in [2.75, 3.05) is 5.32 Å². The Balaban J connectivity index is 1.89. The Kier molecular flexibility index (Phi) is 5.92. The van der Waals surface area contributed by atoms with Crippen LogP contribution >= 0.6 is 0 Å². The average Bonchev–Trinajstić information content (AvgIpc) is 2.60. The van der Waals surface area contributed by atoms with E-state index in [0.717, 1.165) is 5.56 Å². The molecule has 3 N–H and O–H groups in total. The summed E-state index contributed by atoms with van der Waals surface area (Å²) in [5.41, 5.74) is 7.80. The third kappa shape index (κ3) is 5.14. The third-order valence-corrected chi connectivity index (χ3v) is 3.18. The maximum absolute atomic E-state index is 12.1. The summed E-state index contributed by atoms with van der Waals surface area (Å²) in [4.78, 5) is 17.2. The third-order valence-electron chi connectivity index (χ3n) is 3.18. The smallest absolute Gasteiger partial charge is 0.267 e. The van der Waals surface area contributed by atoms with Crippen molar-refractivity contribution in [2.24, 2.45) is 10.9 Å². The number of anilines is 1. The van der Waals surface area contributed by atoms with E-state index >= 15 is 0 Å². The lowest BCUT2D eigenvalue weighted by Crippen LogP contribution is -2.27. The minimum atomic E-state index is -0.815. The second kappa shape index (κ2) is 8.34. The summed E-state index contributed by atoms with van der Waals surface area (Å²) in [6.07, 6.45) is -0.371. The number of nitriles is 1. The number of hydrogen-bond donors (Lipinski definition) is 2. The van der Waals surface area contributed by atoms with Gasteiger partial charge in [-0.3, -0.25) is 4.79 Å². The van der Waals surface area contributed by atoms with Crippen molar-refractivity contribution in [2.45, 2.75) is 19.4 Å². The molecule has 24 heavy (non-hydrogen) atoms. The first-order chi connectivity index (χ1) is 11.6. The molecule has 0 aliphatic rings. The molecule has 122 valence electrons. The van der Waals surface area contributed by atoms with E-state index in [0.29, 0.717) is 17.7 Å². The van der Waals surface area contributed by atoms with Crippen LogP contribution in [0.1, 0.15) is 18.1 Å². The molecule has 0 saturated heterocycles. The molecule has 0 fully saturated rings. The fraction of sp³-hybridized carbons (Fsp3) is 0.167. The number of amidine groups is 1. The van der Waals surface area contributed by atoms with E-state index in [1.807, 2.05) is 36.4 Å². The number of hydrogen-bond acceptors (Lipinski definition) is 4. The molecule has 6 nitrogen and oxygen atoms in total. The largest absolute Gasteiger partial charge is 0.384 e. The van der Waals surface area contributed by atoms with Gasteiger partial charge in [-0.25, -0.2) is 0 Å². The average molecular weight is 322 g/mol. The van der Waals surface area contributed by atoms with Crippen LogP contribution in [0.4, 0.5) is 5.69 Å². The first-order valence-corrected chi connectivity index (χ1v) is 7.41. The van der Waals surface area contributed by atoms with Crippen LogP contribution in [0.5, 0.6) is 0 Å². The molecule has 0 aliphatic carbocycles. The van der Waals surface area contributed by atoms with Crippen molar-refractivity contribution in [3.63, 3.8) is 0 Å². The SMILES string of the molecule is CC(O/N=C(/N)Cc1ccccc1)C(=O)Nc1cccc(C#N)c1. The zero-order chi connectivity index (χ0) is 17.4. The van der Waals surface area contributed by atoms with Crippen LogP contribution in [0.25, 0.3) is 0 Å². The second-order valence-corrected chi connectivity index (χ2v) is 5.17. The van der Waals surface area contributed by atoms with E-state index in [-0.39, 0.29) is 11.7 Å². The molecular weight excluding hydrogens is 304 g/mol. The summed E-state index contributed by atoms with van der Waals surface area (Å²) in [7, 11) is 0. The van der Waals surface area contributed by atoms with Gasteiger partial charge in [0, 0.05) is 12.1 Å². The number of carbonyl (C=O) groups excluding carboxylic acids is 1. The number of oxime groups is 1. The van der Waals surface area contributed by atoms with Crippen LogP contribution < -0.4 is 11.1 Å². The van der Waals surface area contributed by atoms with Gasteiger partial charge in [-0.1, -0.05) is 41.6 Å². The number of benzene rings is 2. The fourth-order valence-corrected chi connectivity index (χ4v) is 1.94. The molecule has 1 unspecified atom stereocenters. The Bertz CT molecular complexity index is 766. The van der Waals surface area contributed by atoms with Gasteiger partial charge in [-0.15, -0.1) is 0 Å². The van der Waals surface area contributed by atoms with E-state index < -0.39 is 6.10 Å². The predicted molar refractivity (Wildman–Crippen MR) is 92.1 cm³/mol.